The summed E-state index contributed by atoms with van der Waals surface area (Å²) in [7, 11) is 2.09. The maximum absolute atomic E-state index is 12.1. The molecule has 7 heteroatoms. The van der Waals surface area contributed by atoms with Gasteiger partial charge >= 0.3 is 6.18 Å². The van der Waals surface area contributed by atoms with Gasteiger partial charge in [0.2, 0.25) is 5.91 Å². The van der Waals surface area contributed by atoms with Gasteiger partial charge in [0.1, 0.15) is 6.42 Å². The first-order valence-electron chi connectivity index (χ1n) is 8.16. The summed E-state index contributed by atoms with van der Waals surface area (Å²) in [5, 5.41) is 2.35. The normalized spacial score (nSPS) is 20.1. The van der Waals surface area contributed by atoms with E-state index < -0.39 is 18.5 Å². The number of amides is 1. The summed E-state index contributed by atoms with van der Waals surface area (Å²) < 4.78 is 36.3. The predicted octanol–water partition coefficient (Wildman–Crippen LogP) is 2.43. The molecule has 1 unspecified atom stereocenters. The second kappa shape index (κ2) is 8.48. The Hall–Kier alpha value is -1.60. The van der Waals surface area contributed by atoms with Gasteiger partial charge in [0.05, 0.1) is 0 Å². The Balaban J connectivity index is 1.81. The van der Waals surface area contributed by atoms with Gasteiger partial charge in [-0.15, -0.1) is 0 Å². The lowest BCUT2D eigenvalue weighted by Crippen LogP contribution is -2.47. The van der Waals surface area contributed by atoms with Gasteiger partial charge in [-0.05, 0) is 19.0 Å². The largest absolute Gasteiger partial charge is 0.397 e. The zero-order valence-electron chi connectivity index (χ0n) is 13.9. The Morgan fingerprint density at radius 3 is 2.62 bits per heavy atom. The number of benzene rings is 1. The van der Waals surface area contributed by atoms with Crippen LogP contribution < -0.4 is 5.32 Å². The molecule has 0 radical (unpaired) electrons. The molecule has 1 aromatic carbocycles. The predicted molar refractivity (Wildman–Crippen MR) is 86.6 cm³/mol. The molecule has 1 aromatic rings. The van der Waals surface area contributed by atoms with Crippen LogP contribution in [0.25, 0.3) is 0 Å². The third-order valence-corrected chi connectivity index (χ3v) is 4.18. The number of carbonyl (C=O) groups excluding carboxylic acids is 1. The summed E-state index contributed by atoms with van der Waals surface area (Å²) in [6.07, 6.45) is -5.22. The van der Waals surface area contributed by atoms with E-state index in [9.17, 15) is 18.0 Å². The molecule has 0 bridgehead atoms. The number of rotatable bonds is 6. The molecule has 0 aliphatic carbocycles. The highest BCUT2D eigenvalue weighted by Crippen LogP contribution is 2.24. The van der Waals surface area contributed by atoms with Crippen molar-refractivity contribution in [3.05, 3.63) is 35.9 Å². The van der Waals surface area contributed by atoms with E-state index in [4.69, 9.17) is 0 Å². The van der Waals surface area contributed by atoms with Crippen molar-refractivity contribution in [1.29, 1.82) is 0 Å². The van der Waals surface area contributed by atoms with Gasteiger partial charge in [0, 0.05) is 38.8 Å². The van der Waals surface area contributed by atoms with Crippen LogP contribution in [0.3, 0.4) is 0 Å². The van der Waals surface area contributed by atoms with Crippen LogP contribution in [0.2, 0.25) is 0 Å². The smallest absolute Gasteiger partial charge is 0.356 e. The van der Waals surface area contributed by atoms with Crippen molar-refractivity contribution in [2.45, 2.75) is 25.1 Å². The van der Waals surface area contributed by atoms with E-state index in [0.717, 1.165) is 26.2 Å². The van der Waals surface area contributed by atoms with Crippen LogP contribution in [0.5, 0.6) is 0 Å². The van der Waals surface area contributed by atoms with Crippen molar-refractivity contribution in [3.63, 3.8) is 0 Å². The molecule has 134 valence electrons. The highest BCUT2D eigenvalue weighted by atomic mass is 19.4. The zero-order valence-corrected chi connectivity index (χ0v) is 13.9. The maximum Gasteiger partial charge on any atom is 0.397 e. The summed E-state index contributed by atoms with van der Waals surface area (Å²) in [6, 6.07) is 10.5. The fourth-order valence-electron chi connectivity index (χ4n) is 2.97. The van der Waals surface area contributed by atoms with Gasteiger partial charge in [0.25, 0.3) is 0 Å². The second-order valence-electron chi connectivity index (χ2n) is 6.22. The van der Waals surface area contributed by atoms with Crippen LogP contribution in [0.1, 0.15) is 24.4 Å². The Labute approximate surface area is 140 Å². The summed E-state index contributed by atoms with van der Waals surface area (Å²) in [5.41, 5.74) is 1.24. The van der Waals surface area contributed by atoms with Gasteiger partial charge in [-0.1, -0.05) is 30.3 Å². The molecule has 0 saturated carbocycles. The van der Waals surface area contributed by atoms with Gasteiger partial charge in [-0.2, -0.15) is 13.2 Å². The summed E-state index contributed by atoms with van der Waals surface area (Å²) >= 11 is 0. The quantitative estimate of drug-likeness (QED) is 0.806. The lowest BCUT2D eigenvalue weighted by atomic mass is 10.0. The lowest BCUT2D eigenvalue weighted by molar-refractivity contribution is -0.153. The molecule has 1 heterocycles. The van der Waals surface area contributed by atoms with E-state index >= 15 is 0 Å². The molecular weight excluding hydrogens is 319 g/mol. The number of piperazine rings is 1. The average Bonchev–Trinajstić information content (AvgIpc) is 2.52. The molecular formula is C17H24F3N3O. The third kappa shape index (κ3) is 6.13. The van der Waals surface area contributed by atoms with Crippen LogP contribution in [0.4, 0.5) is 13.2 Å². The molecule has 4 nitrogen and oxygen atoms in total. The Morgan fingerprint density at radius 2 is 1.96 bits per heavy atom. The number of nitrogens with zero attached hydrogens (tertiary/aromatic N) is 2. The molecule has 24 heavy (non-hydrogen) atoms. The van der Waals surface area contributed by atoms with Crippen LogP contribution in [-0.4, -0.2) is 61.7 Å². The van der Waals surface area contributed by atoms with Crippen LogP contribution in [-0.2, 0) is 4.79 Å². The topological polar surface area (TPSA) is 35.6 Å². The van der Waals surface area contributed by atoms with E-state index in [1.807, 2.05) is 18.2 Å². The first kappa shape index (κ1) is 18.7. The maximum atomic E-state index is 12.1. The molecule has 1 saturated heterocycles. The summed E-state index contributed by atoms with van der Waals surface area (Å²) in [4.78, 5) is 15.8. The van der Waals surface area contributed by atoms with Crippen molar-refractivity contribution >= 4 is 5.91 Å². The number of nitrogens with one attached hydrogen (secondary N) is 1. The van der Waals surface area contributed by atoms with Crippen molar-refractivity contribution < 1.29 is 18.0 Å². The van der Waals surface area contributed by atoms with Crippen molar-refractivity contribution in [1.82, 2.24) is 15.1 Å². The molecule has 0 spiro atoms. The van der Waals surface area contributed by atoms with E-state index in [1.165, 1.54) is 5.56 Å². The zero-order chi connectivity index (χ0) is 17.6. The van der Waals surface area contributed by atoms with Gasteiger partial charge in [0.15, 0.2) is 0 Å². The number of alkyl halides is 3. The number of likely N-dealkylation sites (N-methyl/N-ethyl adjacent to an activating group) is 1. The van der Waals surface area contributed by atoms with Gasteiger partial charge in [-0.25, -0.2) is 0 Å². The molecule has 1 atom stereocenters. The third-order valence-electron chi connectivity index (χ3n) is 4.18. The van der Waals surface area contributed by atoms with Crippen LogP contribution in [0, 0.1) is 0 Å². The number of hydrogen-bond donors (Lipinski definition) is 1. The Kier molecular flexibility index (Phi) is 6.62. The summed E-state index contributed by atoms with van der Waals surface area (Å²) in [5.74, 6) is -0.958. The van der Waals surface area contributed by atoms with E-state index in [1.54, 1.807) is 0 Å². The molecule has 1 amide bonds. The van der Waals surface area contributed by atoms with Gasteiger partial charge in [-0.3, -0.25) is 9.69 Å². The summed E-state index contributed by atoms with van der Waals surface area (Å²) in [6.45, 7) is 3.81. The number of hydrogen-bond acceptors (Lipinski definition) is 3. The first-order valence-corrected chi connectivity index (χ1v) is 8.16. The Morgan fingerprint density at radius 1 is 1.25 bits per heavy atom. The first-order chi connectivity index (χ1) is 11.3. The van der Waals surface area contributed by atoms with Crippen molar-refractivity contribution in [2.24, 2.45) is 0 Å². The molecule has 1 aliphatic rings. The average molecular weight is 343 g/mol. The molecule has 1 aliphatic heterocycles. The van der Waals surface area contributed by atoms with E-state index in [2.05, 4.69) is 34.3 Å². The van der Waals surface area contributed by atoms with Crippen LogP contribution in [0.15, 0.2) is 30.3 Å². The SMILES string of the molecule is CN1CCN(CCCNC(=O)CC(F)(F)F)C(c2ccccc2)C1. The van der Waals surface area contributed by atoms with E-state index in [-0.39, 0.29) is 12.6 Å². The fourth-order valence-corrected chi connectivity index (χ4v) is 2.97. The Bertz CT molecular complexity index is 522. The molecule has 2 rings (SSSR count). The minimum absolute atomic E-state index is 0.267. The van der Waals surface area contributed by atoms with E-state index in [0.29, 0.717) is 6.42 Å². The number of carbonyl (C=O) groups is 1. The molecule has 1 N–H and O–H groups in total. The monoisotopic (exact) mass is 343 g/mol. The fraction of sp³-hybridized carbons (Fsp3) is 0.588. The number of halogens is 3. The molecule has 0 aromatic heterocycles. The van der Waals surface area contributed by atoms with Gasteiger partial charge < -0.3 is 10.2 Å². The minimum atomic E-state index is -4.44. The van der Waals surface area contributed by atoms with Crippen molar-refractivity contribution in [3.8, 4) is 0 Å². The highest BCUT2D eigenvalue weighted by Gasteiger charge is 2.31. The molecule has 1 fully saturated rings. The standard InChI is InChI=1S/C17H24F3N3O/c1-22-10-11-23(15(13-22)14-6-3-2-4-7-14)9-5-8-21-16(24)12-17(18,19)20/h2-4,6-7,15H,5,8-13H2,1H3,(H,21,24). The minimum Gasteiger partial charge on any atom is -0.356 e. The second-order valence-corrected chi connectivity index (χ2v) is 6.22. The van der Waals surface area contributed by atoms with Crippen molar-refractivity contribution in [2.75, 3.05) is 39.8 Å². The lowest BCUT2D eigenvalue weighted by Gasteiger charge is -2.40. The highest BCUT2D eigenvalue weighted by molar-refractivity contribution is 5.76. The van der Waals surface area contributed by atoms with Crippen LogP contribution >= 0.6 is 0 Å².